The Morgan fingerprint density at radius 1 is 1.23 bits per heavy atom. The average Bonchev–Trinajstić information content (AvgIpc) is 3.43. The number of methoxy groups -OCH3 is 1. The Balaban J connectivity index is 1.42. The zero-order chi connectivity index (χ0) is 25.2. The summed E-state index contributed by atoms with van der Waals surface area (Å²) in [6, 6.07) is 6.69. The highest BCUT2D eigenvalue weighted by atomic mass is 32.1. The number of amides is 2. The molecule has 7 nitrogen and oxygen atoms in total. The molecular weight excluding hydrogens is 502 g/mol. The van der Waals surface area contributed by atoms with Crippen LogP contribution < -0.4 is 15.4 Å². The minimum Gasteiger partial charge on any atom is -0.496 e. The maximum absolute atomic E-state index is 14.1. The van der Waals surface area contributed by atoms with Crippen molar-refractivity contribution < 1.29 is 32.2 Å². The molecule has 3 heterocycles. The molecule has 2 bridgehead atoms. The first-order chi connectivity index (χ1) is 16.5. The minimum absolute atomic E-state index is 0.0113. The molecule has 3 fully saturated rings. The fourth-order valence-corrected chi connectivity index (χ4v) is 6.00. The molecule has 2 saturated heterocycles. The molecule has 35 heavy (non-hydrogen) atoms. The molecule has 2 aliphatic heterocycles. The molecule has 6 rings (SSSR count). The summed E-state index contributed by atoms with van der Waals surface area (Å²) in [6.45, 7) is 1.75. The first-order valence-corrected chi connectivity index (χ1v) is 12.0. The smallest absolute Gasteiger partial charge is 0.287 e. The Labute approximate surface area is 204 Å². The first-order valence-electron chi connectivity index (χ1n) is 10.6. The minimum atomic E-state index is -3.12. The normalized spacial score (nSPS) is 23.1. The van der Waals surface area contributed by atoms with Crippen LogP contribution in [-0.4, -0.2) is 47.3 Å². The van der Waals surface area contributed by atoms with Gasteiger partial charge < -0.3 is 20.1 Å². The molecule has 1 saturated carbocycles. The number of alkyl halides is 2. The molecule has 1 unspecified atom stereocenters. The summed E-state index contributed by atoms with van der Waals surface area (Å²) < 4.78 is 53.2. The van der Waals surface area contributed by atoms with Crippen molar-refractivity contribution in [1.82, 2.24) is 10.3 Å². The van der Waals surface area contributed by atoms with Crippen molar-refractivity contribution in [2.75, 3.05) is 19.0 Å². The number of carbonyl (C=O) groups is 2. The van der Waals surface area contributed by atoms with Crippen LogP contribution in [0.3, 0.4) is 0 Å². The lowest BCUT2D eigenvalue weighted by atomic mass is 9.68. The lowest BCUT2D eigenvalue weighted by Crippen LogP contribution is -2.64. The maximum atomic E-state index is 14.1. The summed E-state index contributed by atoms with van der Waals surface area (Å²) in [7, 11) is 2.92. The van der Waals surface area contributed by atoms with Crippen molar-refractivity contribution >= 4 is 48.3 Å². The van der Waals surface area contributed by atoms with Crippen molar-refractivity contribution in [2.24, 2.45) is 0 Å². The summed E-state index contributed by atoms with van der Waals surface area (Å²) in [4.78, 5) is 30.8. The molecule has 2 N–H and O–H groups in total. The van der Waals surface area contributed by atoms with Crippen molar-refractivity contribution in [3.05, 3.63) is 52.3 Å². The quantitative estimate of drug-likeness (QED) is 0.465. The van der Waals surface area contributed by atoms with E-state index < -0.39 is 34.4 Å². The number of benzene rings is 2. The largest absolute Gasteiger partial charge is 0.496 e. The number of ether oxygens (including phenoxy) is 2. The van der Waals surface area contributed by atoms with Crippen LogP contribution in [0.15, 0.2) is 30.3 Å². The van der Waals surface area contributed by atoms with Gasteiger partial charge in [0.2, 0.25) is 0 Å². The Kier molecular flexibility index (Phi) is 5.58. The van der Waals surface area contributed by atoms with Crippen LogP contribution >= 0.6 is 20.6 Å². The summed E-state index contributed by atoms with van der Waals surface area (Å²) in [5.41, 5.74) is -4.94. The monoisotopic (exact) mass is 523 g/mol. The number of fused-ring (bicyclic) bond motifs is 2. The number of thiazole rings is 1. The van der Waals surface area contributed by atoms with E-state index in [9.17, 15) is 22.8 Å². The third-order valence-corrected chi connectivity index (χ3v) is 7.94. The van der Waals surface area contributed by atoms with Gasteiger partial charge in [-0.15, -0.1) is 11.3 Å². The van der Waals surface area contributed by atoms with Gasteiger partial charge in [0.1, 0.15) is 22.7 Å². The highest BCUT2D eigenvalue weighted by molar-refractivity contribution is 7.19. The number of nitrogens with zero attached hydrogens (tertiary/aromatic N) is 1. The first kappa shape index (κ1) is 24.0. The number of carbonyl (C=O) groups excluding carboxylic acids is 2. The van der Waals surface area contributed by atoms with Crippen LogP contribution in [0.25, 0.3) is 10.2 Å². The van der Waals surface area contributed by atoms with Gasteiger partial charge >= 0.3 is 0 Å². The predicted molar refractivity (Wildman–Crippen MR) is 128 cm³/mol. The molecule has 1 aromatic heterocycles. The molecule has 184 valence electrons. The highest BCUT2D eigenvalue weighted by Gasteiger charge is 2.72. The van der Waals surface area contributed by atoms with Gasteiger partial charge in [-0.1, -0.05) is 9.24 Å². The van der Waals surface area contributed by atoms with Crippen molar-refractivity contribution in [3.63, 3.8) is 0 Å². The number of aryl methyl sites for hydroxylation is 1. The Morgan fingerprint density at radius 2 is 1.97 bits per heavy atom. The standard InChI is InChI=1S/C23H21F3N3O4PS/c1-11-27-14-5-6-16(32-2)17(18(14)35-11)20(31)28-15-7-12(24)3-4-13(15)19(30)29-21-8-22(9-21,33-10-21)23(25,26)34/h3-7H,8-10,34H2,1-2H3,(H,28,31)(H,29,30). The molecule has 0 radical (unpaired) electrons. The zero-order valence-electron chi connectivity index (χ0n) is 18.7. The van der Waals surface area contributed by atoms with Crippen molar-refractivity contribution in [3.8, 4) is 5.75 Å². The van der Waals surface area contributed by atoms with Gasteiger partial charge in [-0.25, -0.2) is 9.37 Å². The van der Waals surface area contributed by atoms with Gasteiger partial charge in [0.25, 0.3) is 17.5 Å². The number of nitrogens with one attached hydrogen (secondary N) is 2. The number of hydrogen-bond acceptors (Lipinski definition) is 6. The van der Waals surface area contributed by atoms with Gasteiger partial charge in [0.05, 0.1) is 45.7 Å². The summed E-state index contributed by atoms with van der Waals surface area (Å²) in [5, 5.41) is 6.11. The molecule has 1 atom stereocenters. The van der Waals surface area contributed by atoms with E-state index in [1.807, 2.05) is 6.92 Å². The summed E-state index contributed by atoms with van der Waals surface area (Å²) in [5.74, 6) is -1.61. The van der Waals surface area contributed by atoms with Gasteiger partial charge in [0.15, 0.2) is 0 Å². The second kappa shape index (κ2) is 8.15. The molecule has 3 aromatic rings. The van der Waals surface area contributed by atoms with Gasteiger partial charge in [-0.2, -0.15) is 8.78 Å². The van der Waals surface area contributed by atoms with Crippen molar-refractivity contribution in [2.45, 2.75) is 36.6 Å². The third kappa shape index (κ3) is 3.95. The van der Waals surface area contributed by atoms with Crippen molar-refractivity contribution in [1.29, 1.82) is 0 Å². The Morgan fingerprint density at radius 3 is 2.63 bits per heavy atom. The highest BCUT2D eigenvalue weighted by Crippen LogP contribution is 2.60. The van der Waals surface area contributed by atoms with E-state index in [1.54, 1.807) is 12.1 Å². The molecule has 0 spiro atoms. The van der Waals surface area contributed by atoms with E-state index >= 15 is 0 Å². The van der Waals surface area contributed by atoms with E-state index in [2.05, 4.69) is 15.6 Å². The zero-order valence-corrected chi connectivity index (χ0v) is 20.7. The van der Waals surface area contributed by atoms with Crippen LogP contribution in [0, 0.1) is 12.7 Å². The van der Waals surface area contributed by atoms with E-state index in [-0.39, 0.29) is 36.3 Å². The third-order valence-electron chi connectivity index (χ3n) is 6.41. The van der Waals surface area contributed by atoms with Crippen LogP contribution in [-0.2, 0) is 4.74 Å². The van der Waals surface area contributed by atoms with E-state index in [0.717, 1.165) is 17.1 Å². The second-order valence-corrected chi connectivity index (χ2v) is 10.8. The fourth-order valence-electron chi connectivity index (χ4n) is 4.76. The molecule has 1 aliphatic carbocycles. The Hall–Kier alpha value is -2.75. The van der Waals surface area contributed by atoms with Gasteiger partial charge in [0, 0.05) is 12.8 Å². The number of anilines is 1. The molecule has 2 aromatic carbocycles. The number of rotatable bonds is 6. The number of hydrogen-bond donors (Lipinski definition) is 2. The summed E-state index contributed by atoms with van der Waals surface area (Å²) >= 11 is 1.31. The van der Waals surface area contributed by atoms with Crippen LogP contribution in [0.5, 0.6) is 5.75 Å². The summed E-state index contributed by atoms with van der Waals surface area (Å²) in [6.07, 6.45) is -0.0931. The van der Waals surface area contributed by atoms with E-state index in [0.29, 0.717) is 16.0 Å². The average molecular weight is 523 g/mol. The molecular formula is C23H21F3N3O4PS. The van der Waals surface area contributed by atoms with Crippen LogP contribution in [0.1, 0.15) is 38.6 Å². The molecule has 2 amide bonds. The number of aromatic nitrogens is 1. The fraction of sp³-hybridized carbons (Fsp3) is 0.348. The topological polar surface area (TPSA) is 89.5 Å². The van der Waals surface area contributed by atoms with Gasteiger partial charge in [-0.3, -0.25) is 9.59 Å². The lowest BCUT2D eigenvalue weighted by molar-refractivity contribution is -0.145. The number of halogens is 3. The lowest BCUT2D eigenvalue weighted by Gasteiger charge is -2.47. The van der Waals surface area contributed by atoms with Gasteiger partial charge in [-0.05, 0) is 37.3 Å². The van der Waals surface area contributed by atoms with E-state index in [4.69, 9.17) is 9.47 Å². The van der Waals surface area contributed by atoms with Crippen LogP contribution in [0.2, 0.25) is 0 Å². The second-order valence-electron chi connectivity index (χ2n) is 8.86. The Bertz CT molecular complexity index is 1370. The molecule has 3 aliphatic rings. The SMILES string of the molecule is COc1ccc2nc(C)sc2c1C(=O)Nc1cc(F)ccc1C(=O)NC12COC(C(F)(F)P)(C1)C2. The van der Waals surface area contributed by atoms with Crippen LogP contribution in [0.4, 0.5) is 18.9 Å². The van der Waals surface area contributed by atoms with E-state index in [1.165, 1.54) is 33.8 Å². The maximum Gasteiger partial charge on any atom is 0.287 e. The predicted octanol–water partition coefficient (Wildman–Crippen LogP) is 4.50. The molecule has 12 heteroatoms.